The summed E-state index contributed by atoms with van der Waals surface area (Å²) in [6.45, 7) is 2.08. The van der Waals surface area contributed by atoms with Gasteiger partial charge in [-0.25, -0.2) is 0 Å². The third-order valence-corrected chi connectivity index (χ3v) is 4.99. The molecule has 2 aromatic heterocycles. The van der Waals surface area contributed by atoms with Gasteiger partial charge in [-0.1, -0.05) is 18.2 Å². The van der Waals surface area contributed by atoms with Crippen LogP contribution in [0, 0.1) is 12.8 Å². The van der Waals surface area contributed by atoms with E-state index in [1.807, 2.05) is 43.5 Å². The van der Waals surface area contributed by atoms with Crippen molar-refractivity contribution >= 4 is 16.8 Å². The van der Waals surface area contributed by atoms with Gasteiger partial charge in [-0.15, -0.1) is 0 Å². The zero-order valence-electron chi connectivity index (χ0n) is 14.7. The van der Waals surface area contributed by atoms with Gasteiger partial charge in [0.2, 0.25) is 5.91 Å². The minimum Gasteiger partial charge on any atom is -0.393 e. The largest absolute Gasteiger partial charge is 0.393 e. The lowest BCUT2D eigenvalue weighted by Crippen LogP contribution is -2.42. The van der Waals surface area contributed by atoms with Crippen molar-refractivity contribution < 1.29 is 9.90 Å². The van der Waals surface area contributed by atoms with Crippen LogP contribution in [-0.2, 0) is 11.3 Å². The van der Waals surface area contributed by atoms with E-state index in [1.54, 1.807) is 10.9 Å². The molecule has 6 nitrogen and oxygen atoms in total. The molecule has 0 saturated heterocycles. The highest BCUT2D eigenvalue weighted by atomic mass is 16.3. The molecule has 2 heterocycles. The molecule has 134 valence electrons. The van der Waals surface area contributed by atoms with E-state index < -0.39 is 0 Å². The van der Waals surface area contributed by atoms with Gasteiger partial charge in [-0.05, 0) is 49.4 Å². The van der Waals surface area contributed by atoms with Crippen LogP contribution in [0.1, 0.15) is 30.1 Å². The molecule has 0 aliphatic heterocycles. The molecule has 0 unspecified atom stereocenters. The van der Waals surface area contributed by atoms with Gasteiger partial charge in [-0.3, -0.25) is 14.5 Å². The van der Waals surface area contributed by atoms with E-state index in [0.717, 1.165) is 22.2 Å². The van der Waals surface area contributed by atoms with Crippen LogP contribution >= 0.6 is 0 Å². The maximum atomic E-state index is 12.5. The first-order valence-corrected chi connectivity index (χ1v) is 8.90. The van der Waals surface area contributed by atoms with Crippen molar-refractivity contribution in [2.24, 2.45) is 5.92 Å². The van der Waals surface area contributed by atoms with E-state index >= 15 is 0 Å². The van der Waals surface area contributed by atoms with Crippen molar-refractivity contribution in [3.05, 3.63) is 60.0 Å². The number of aromatic nitrogens is 3. The van der Waals surface area contributed by atoms with E-state index in [0.29, 0.717) is 12.8 Å². The number of aryl methyl sites for hydroxylation is 1. The Labute approximate surface area is 151 Å². The van der Waals surface area contributed by atoms with Crippen LogP contribution in [0.4, 0.5) is 0 Å². The Balaban J connectivity index is 1.56. The molecule has 0 radical (unpaired) electrons. The number of carbonyl (C=O) groups is 1. The van der Waals surface area contributed by atoms with Gasteiger partial charge in [0, 0.05) is 17.8 Å². The Morgan fingerprint density at radius 1 is 1.35 bits per heavy atom. The number of amides is 1. The zero-order valence-corrected chi connectivity index (χ0v) is 14.7. The molecule has 1 aliphatic rings. The minimum absolute atomic E-state index is 0.0901. The van der Waals surface area contributed by atoms with Crippen LogP contribution in [0.25, 0.3) is 10.9 Å². The Bertz CT molecular complexity index is 930. The SMILES string of the molecule is Cc1ccn(CC(=O)N[C@@H](c2cnc3ccccc3c2)C2CC(O)C2)n1. The summed E-state index contributed by atoms with van der Waals surface area (Å²) in [5.74, 6) is 0.129. The summed E-state index contributed by atoms with van der Waals surface area (Å²) in [5.41, 5.74) is 2.79. The number of fused-ring (bicyclic) bond motifs is 1. The maximum absolute atomic E-state index is 12.5. The number of aliphatic hydroxyl groups is 1. The lowest BCUT2D eigenvalue weighted by Gasteiger charge is -2.38. The Morgan fingerprint density at radius 3 is 2.88 bits per heavy atom. The Kier molecular flexibility index (Phi) is 4.42. The van der Waals surface area contributed by atoms with Crippen LogP contribution in [0.3, 0.4) is 0 Å². The Hall–Kier alpha value is -2.73. The molecule has 1 saturated carbocycles. The molecule has 3 aromatic rings. The van der Waals surface area contributed by atoms with E-state index in [4.69, 9.17) is 0 Å². The highest BCUT2D eigenvalue weighted by Gasteiger charge is 2.36. The highest BCUT2D eigenvalue weighted by molar-refractivity contribution is 5.79. The van der Waals surface area contributed by atoms with Crippen molar-refractivity contribution in [3.8, 4) is 0 Å². The molecule has 1 atom stereocenters. The quantitative estimate of drug-likeness (QED) is 0.740. The Morgan fingerprint density at radius 2 is 2.15 bits per heavy atom. The van der Waals surface area contributed by atoms with E-state index in [1.165, 1.54) is 0 Å². The van der Waals surface area contributed by atoms with Crippen molar-refractivity contribution in [2.75, 3.05) is 0 Å². The number of pyridine rings is 1. The molecule has 0 spiro atoms. The number of aliphatic hydroxyl groups excluding tert-OH is 1. The maximum Gasteiger partial charge on any atom is 0.242 e. The molecule has 1 fully saturated rings. The molecule has 1 amide bonds. The number of hydrogen-bond acceptors (Lipinski definition) is 4. The second kappa shape index (κ2) is 6.88. The first-order chi connectivity index (χ1) is 12.6. The molecular weight excluding hydrogens is 328 g/mol. The lowest BCUT2D eigenvalue weighted by atomic mass is 9.75. The number of benzene rings is 1. The van der Waals surface area contributed by atoms with Crippen LogP contribution in [0.15, 0.2) is 48.8 Å². The van der Waals surface area contributed by atoms with Gasteiger partial charge in [0.25, 0.3) is 0 Å². The fourth-order valence-corrected chi connectivity index (χ4v) is 3.55. The van der Waals surface area contributed by atoms with Gasteiger partial charge in [0.05, 0.1) is 23.4 Å². The van der Waals surface area contributed by atoms with Gasteiger partial charge < -0.3 is 10.4 Å². The second-order valence-electron chi connectivity index (χ2n) is 7.05. The standard InChI is InChI=1S/C20H22N4O2/c1-13-6-7-24(23-13)12-19(26)22-20(15-9-17(25)10-15)16-8-14-4-2-3-5-18(14)21-11-16/h2-8,11,15,17,20,25H,9-10,12H2,1H3,(H,22,26)/t15?,17?,20-/m1/s1. The fraction of sp³-hybridized carbons (Fsp3) is 0.350. The average Bonchev–Trinajstić information content (AvgIpc) is 3.01. The third-order valence-electron chi connectivity index (χ3n) is 4.99. The summed E-state index contributed by atoms with van der Waals surface area (Å²) in [6, 6.07) is 11.7. The fourth-order valence-electron chi connectivity index (χ4n) is 3.55. The number of para-hydroxylation sites is 1. The first-order valence-electron chi connectivity index (χ1n) is 8.90. The summed E-state index contributed by atoms with van der Waals surface area (Å²) in [4.78, 5) is 17.1. The summed E-state index contributed by atoms with van der Waals surface area (Å²) >= 11 is 0. The van der Waals surface area contributed by atoms with Gasteiger partial charge in [-0.2, -0.15) is 5.10 Å². The molecule has 4 rings (SSSR count). The predicted molar refractivity (Wildman–Crippen MR) is 98.3 cm³/mol. The summed E-state index contributed by atoms with van der Waals surface area (Å²) < 4.78 is 1.63. The van der Waals surface area contributed by atoms with Crippen molar-refractivity contribution in [2.45, 2.75) is 38.5 Å². The first kappa shape index (κ1) is 16.7. The monoisotopic (exact) mass is 350 g/mol. The molecular formula is C20H22N4O2. The molecule has 1 aliphatic carbocycles. The van der Waals surface area contributed by atoms with Gasteiger partial charge in [0.15, 0.2) is 0 Å². The molecule has 26 heavy (non-hydrogen) atoms. The summed E-state index contributed by atoms with van der Waals surface area (Å²) in [6.07, 6.45) is 4.74. The molecule has 1 aromatic carbocycles. The van der Waals surface area contributed by atoms with Crippen LogP contribution < -0.4 is 5.32 Å². The third kappa shape index (κ3) is 3.46. The number of hydrogen-bond donors (Lipinski definition) is 2. The van der Waals surface area contributed by atoms with Crippen molar-refractivity contribution in [3.63, 3.8) is 0 Å². The number of nitrogens with one attached hydrogen (secondary N) is 1. The van der Waals surface area contributed by atoms with E-state index in [2.05, 4.69) is 21.5 Å². The predicted octanol–water partition coefficient (Wildman–Crippen LogP) is 2.37. The summed E-state index contributed by atoms with van der Waals surface area (Å²) in [5, 5.41) is 18.2. The molecule has 0 bridgehead atoms. The lowest BCUT2D eigenvalue weighted by molar-refractivity contribution is -0.123. The minimum atomic E-state index is -0.276. The topological polar surface area (TPSA) is 80.0 Å². The number of carbonyl (C=O) groups excluding carboxylic acids is 1. The van der Waals surface area contributed by atoms with Gasteiger partial charge >= 0.3 is 0 Å². The normalized spacial score (nSPS) is 20.5. The van der Waals surface area contributed by atoms with E-state index in [9.17, 15) is 9.90 Å². The number of nitrogens with zero attached hydrogens (tertiary/aromatic N) is 3. The average molecular weight is 350 g/mol. The second-order valence-corrected chi connectivity index (χ2v) is 7.05. The van der Waals surface area contributed by atoms with Crippen molar-refractivity contribution in [1.82, 2.24) is 20.1 Å². The van der Waals surface area contributed by atoms with Crippen molar-refractivity contribution in [1.29, 1.82) is 0 Å². The van der Waals surface area contributed by atoms with Gasteiger partial charge in [0.1, 0.15) is 6.54 Å². The van der Waals surface area contributed by atoms with E-state index in [-0.39, 0.29) is 30.5 Å². The van der Waals surface area contributed by atoms with Crippen LogP contribution in [0.5, 0.6) is 0 Å². The molecule has 2 N–H and O–H groups in total. The summed E-state index contributed by atoms with van der Waals surface area (Å²) in [7, 11) is 0. The van der Waals surface area contributed by atoms with Crippen LogP contribution in [0.2, 0.25) is 0 Å². The zero-order chi connectivity index (χ0) is 18.1. The smallest absolute Gasteiger partial charge is 0.242 e. The molecule has 6 heteroatoms. The number of rotatable bonds is 5. The van der Waals surface area contributed by atoms with Crippen LogP contribution in [-0.4, -0.2) is 31.9 Å². The highest BCUT2D eigenvalue weighted by Crippen LogP contribution is 2.38.